The summed E-state index contributed by atoms with van der Waals surface area (Å²) >= 11 is 0. The summed E-state index contributed by atoms with van der Waals surface area (Å²) in [5, 5.41) is 4.09. The quantitative estimate of drug-likeness (QED) is 0.705. The molecule has 0 saturated carbocycles. The Labute approximate surface area is 66.0 Å². The number of nitrogens with zero attached hydrogens (tertiary/aromatic N) is 2. The zero-order chi connectivity index (χ0) is 8.27. The van der Waals surface area contributed by atoms with E-state index in [0.29, 0.717) is 18.2 Å². The molecule has 0 aromatic carbocycles. The molecule has 0 aliphatic carbocycles. The summed E-state index contributed by atoms with van der Waals surface area (Å²) in [7, 11) is 0. The van der Waals surface area contributed by atoms with E-state index in [0.717, 1.165) is 6.54 Å². The lowest BCUT2D eigenvalue weighted by molar-refractivity contribution is 0.323. The maximum Gasteiger partial charge on any atom is 0.256 e. The molecule has 0 fully saturated rings. The summed E-state index contributed by atoms with van der Waals surface area (Å²) in [5.74, 6) is 0.536. The summed E-state index contributed by atoms with van der Waals surface area (Å²) in [5.41, 5.74) is 6.20. The molecule has 4 nitrogen and oxygen atoms in total. The van der Waals surface area contributed by atoms with E-state index in [9.17, 15) is 0 Å². The molecule has 0 radical (unpaired) electrons. The Bertz CT molecular complexity index is 232. The number of hydrogen-bond acceptors (Lipinski definition) is 3. The standard InChI is InChI=1S/C7H13N3O/c1-3-10-5-6(8)7(9-10)11-4-2/h5H,3-4,8H2,1-2H3. The van der Waals surface area contributed by atoms with E-state index in [1.165, 1.54) is 0 Å². The lowest BCUT2D eigenvalue weighted by atomic mass is 10.6. The third-order valence-corrected chi connectivity index (χ3v) is 1.36. The van der Waals surface area contributed by atoms with E-state index >= 15 is 0 Å². The van der Waals surface area contributed by atoms with Gasteiger partial charge in [-0.05, 0) is 13.8 Å². The van der Waals surface area contributed by atoms with E-state index in [1.807, 2.05) is 13.8 Å². The summed E-state index contributed by atoms with van der Waals surface area (Å²) in [6.45, 7) is 5.33. The van der Waals surface area contributed by atoms with Crippen LogP contribution >= 0.6 is 0 Å². The van der Waals surface area contributed by atoms with Crippen molar-refractivity contribution >= 4 is 5.69 Å². The van der Waals surface area contributed by atoms with Gasteiger partial charge in [0.25, 0.3) is 5.88 Å². The lowest BCUT2D eigenvalue weighted by Gasteiger charge is -1.96. The number of ether oxygens (including phenoxy) is 1. The van der Waals surface area contributed by atoms with E-state index in [2.05, 4.69) is 5.10 Å². The van der Waals surface area contributed by atoms with Crippen molar-refractivity contribution in [3.05, 3.63) is 6.20 Å². The number of hydrogen-bond donors (Lipinski definition) is 1. The fourth-order valence-corrected chi connectivity index (χ4v) is 0.830. The number of anilines is 1. The van der Waals surface area contributed by atoms with Crippen LogP contribution in [0.15, 0.2) is 6.20 Å². The zero-order valence-corrected chi connectivity index (χ0v) is 6.87. The molecule has 1 rings (SSSR count). The first-order chi connectivity index (χ1) is 5.27. The van der Waals surface area contributed by atoms with E-state index in [1.54, 1.807) is 10.9 Å². The molecule has 0 spiro atoms. The number of rotatable bonds is 3. The van der Waals surface area contributed by atoms with Crippen LogP contribution in [0.25, 0.3) is 0 Å². The van der Waals surface area contributed by atoms with Gasteiger partial charge >= 0.3 is 0 Å². The molecule has 2 N–H and O–H groups in total. The molecule has 62 valence electrons. The van der Waals surface area contributed by atoms with Gasteiger partial charge in [-0.2, -0.15) is 0 Å². The van der Waals surface area contributed by atoms with Crippen molar-refractivity contribution in [1.82, 2.24) is 9.78 Å². The van der Waals surface area contributed by atoms with Crippen molar-refractivity contribution < 1.29 is 4.74 Å². The van der Waals surface area contributed by atoms with Gasteiger partial charge in [-0.1, -0.05) is 0 Å². The highest BCUT2D eigenvalue weighted by Crippen LogP contribution is 2.17. The van der Waals surface area contributed by atoms with Crippen molar-refractivity contribution in [1.29, 1.82) is 0 Å². The van der Waals surface area contributed by atoms with Gasteiger partial charge < -0.3 is 10.5 Å². The molecule has 1 aromatic rings. The zero-order valence-electron chi connectivity index (χ0n) is 6.87. The Morgan fingerprint density at radius 2 is 2.36 bits per heavy atom. The summed E-state index contributed by atoms with van der Waals surface area (Å²) in [6.07, 6.45) is 1.77. The molecule has 4 heteroatoms. The third kappa shape index (κ3) is 1.63. The molecule has 0 aliphatic heterocycles. The maximum absolute atomic E-state index is 5.59. The van der Waals surface area contributed by atoms with Crippen LogP contribution in [0, 0.1) is 0 Å². The highest BCUT2D eigenvalue weighted by atomic mass is 16.5. The molecule has 0 saturated heterocycles. The molecule has 1 aromatic heterocycles. The van der Waals surface area contributed by atoms with Gasteiger partial charge in [0.15, 0.2) is 0 Å². The Morgan fingerprint density at radius 3 is 2.82 bits per heavy atom. The number of nitrogens with two attached hydrogens (primary N) is 1. The first-order valence-electron chi connectivity index (χ1n) is 3.73. The van der Waals surface area contributed by atoms with Crippen molar-refractivity contribution in [2.75, 3.05) is 12.3 Å². The van der Waals surface area contributed by atoms with E-state index in [4.69, 9.17) is 10.5 Å². The largest absolute Gasteiger partial charge is 0.475 e. The van der Waals surface area contributed by atoms with Crippen LogP contribution in [0.3, 0.4) is 0 Å². The maximum atomic E-state index is 5.59. The Hall–Kier alpha value is -1.19. The van der Waals surface area contributed by atoms with Gasteiger partial charge in [0.2, 0.25) is 0 Å². The van der Waals surface area contributed by atoms with Gasteiger partial charge in [-0.3, -0.25) is 4.68 Å². The normalized spacial score (nSPS) is 10.0. The first-order valence-corrected chi connectivity index (χ1v) is 3.73. The molecule has 0 unspecified atom stereocenters. The minimum absolute atomic E-state index is 0.536. The van der Waals surface area contributed by atoms with Crippen molar-refractivity contribution in [2.45, 2.75) is 20.4 Å². The average Bonchev–Trinajstić information content (AvgIpc) is 2.33. The lowest BCUT2D eigenvalue weighted by Crippen LogP contribution is -1.97. The number of aryl methyl sites for hydroxylation is 1. The second-order valence-electron chi connectivity index (χ2n) is 2.18. The topological polar surface area (TPSA) is 53.1 Å². The number of nitrogen functional groups attached to an aromatic ring is 1. The second-order valence-corrected chi connectivity index (χ2v) is 2.18. The molecular weight excluding hydrogens is 142 g/mol. The predicted molar refractivity (Wildman–Crippen MR) is 43.5 cm³/mol. The molecule has 0 aliphatic rings. The van der Waals surface area contributed by atoms with Gasteiger partial charge in [0, 0.05) is 6.54 Å². The fourth-order valence-electron chi connectivity index (χ4n) is 0.830. The molecule has 0 amide bonds. The minimum Gasteiger partial charge on any atom is -0.475 e. The SMILES string of the molecule is CCOc1nn(CC)cc1N. The van der Waals surface area contributed by atoms with Crippen molar-refractivity contribution in [3.8, 4) is 5.88 Å². The summed E-state index contributed by atoms with van der Waals surface area (Å²) in [6, 6.07) is 0. The Balaban J connectivity index is 2.79. The summed E-state index contributed by atoms with van der Waals surface area (Å²) < 4.78 is 6.91. The van der Waals surface area contributed by atoms with Crippen LogP contribution in [0.1, 0.15) is 13.8 Å². The van der Waals surface area contributed by atoms with Gasteiger partial charge in [0.05, 0.1) is 12.8 Å². The third-order valence-electron chi connectivity index (χ3n) is 1.36. The highest BCUT2D eigenvalue weighted by molar-refractivity contribution is 5.45. The van der Waals surface area contributed by atoms with Gasteiger partial charge in [-0.15, -0.1) is 5.10 Å². The van der Waals surface area contributed by atoms with E-state index < -0.39 is 0 Å². The fraction of sp³-hybridized carbons (Fsp3) is 0.571. The monoisotopic (exact) mass is 155 g/mol. The highest BCUT2D eigenvalue weighted by Gasteiger charge is 2.03. The van der Waals surface area contributed by atoms with Crippen LogP contribution in [0.2, 0.25) is 0 Å². The van der Waals surface area contributed by atoms with Crippen LogP contribution in [-0.2, 0) is 6.54 Å². The molecule has 0 bridgehead atoms. The smallest absolute Gasteiger partial charge is 0.256 e. The van der Waals surface area contributed by atoms with Crippen LogP contribution < -0.4 is 10.5 Å². The van der Waals surface area contributed by atoms with Crippen LogP contribution in [-0.4, -0.2) is 16.4 Å². The Morgan fingerprint density at radius 1 is 1.64 bits per heavy atom. The van der Waals surface area contributed by atoms with Crippen LogP contribution in [0.5, 0.6) is 5.88 Å². The van der Waals surface area contributed by atoms with E-state index in [-0.39, 0.29) is 0 Å². The molecule has 0 atom stereocenters. The predicted octanol–water partition coefficient (Wildman–Crippen LogP) is 0.884. The second kappa shape index (κ2) is 3.27. The molecular formula is C7H13N3O. The van der Waals surface area contributed by atoms with Gasteiger partial charge in [-0.25, -0.2) is 0 Å². The average molecular weight is 155 g/mol. The molecule has 1 heterocycles. The van der Waals surface area contributed by atoms with Gasteiger partial charge in [0.1, 0.15) is 5.69 Å². The van der Waals surface area contributed by atoms with Crippen LogP contribution in [0.4, 0.5) is 5.69 Å². The minimum atomic E-state index is 0.536. The number of aromatic nitrogens is 2. The summed E-state index contributed by atoms with van der Waals surface area (Å²) in [4.78, 5) is 0. The van der Waals surface area contributed by atoms with Crippen molar-refractivity contribution in [2.24, 2.45) is 0 Å². The Kier molecular flexibility index (Phi) is 2.36. The molecule has 11 heavy (non-hydrogen) atoms. The first kappa shape index (κ1) is 7.91. The van der Waals surface area contributed by atoms with Crippen molar-refractivity contribution in [3.63, 3.8) is 0 Å².